The van der Waals surface area contributed by atoms with Crippen molar-refractivity contribution in [2.45, 2.75) is 64.0 Å². The van der Waals surface area contributed by atoms with Gasteiger partial charge in [0.1, 0.15) is 0 Å². The van der Waals surface area contributed by atoms with E-state index in [1.165, 1.54) is 43.9 Å². The van der Waals surface area contributed by atoms with Crippen molar-refractivity contribution in [3.63, 3.8) is 0 Å². The molecule has 1 N–H and O–H groups in total. The number of nitrogens with one attached hydrogen (secondary N) is 1. The van der Waals surface area contributed by atoms with Crippen molar-refractivity contribution >= 4 is 22.9 Å². The third kappa shape index (κ3) is 5.50. The number of nitrogens with zero attached hydrogens (tertiary/aromatic N) is 1. The monoisotopic (exact) mass is 374 g/mol. The molecule has 2 aliphatic rings. The Morgan fingerprint density at radius 1 is 1.08 bits per heavy atom. The number of hydrogen-bond acceptors (Lipinski definition) is 3. The highest BCUT2D eigenvalue weighted by Gasteiger charge is 2.35. The molecule has 0 bridgehead atoms. The maximum atomic E-state index is 12.6. The molecule has 4 nitrogen and oxygen atoms in total. The Labute approximate surface area is 161 Å². The molecular formula is C21H30N2O2S. The largest absolute Gasteiger partial charge is 0.343 e. The highest BCUT2D eigenvalue weighted by Crippen LogP contribution is 2.35. The summed E-state index contributed by atoms with van der Waals surface area (Å²) in [6, 6.07) is 10.4. The summed E-state index contributed by atoms with van der Waals surface area (Å²) in [6.45, 7) is 1.49. The van der Waals surface area contributed by atoms with E-state index in [0.717, 1.165) is 30.9 Å². The van der Waals surface area contributed by atoms with Crippen molar-refractivity contribution in [3.8, 4) is 0 Å². The molecule has 0 aromatic heterocycles. The lowest BCUT2D eigenvalue weighted by Gasteiger charge is -2.44. The topological polar surface area (TPSA) is 49.4 Å². The Balaban J connectivity index is 1.32. The van der Waals surface area contributed by atoms with Crippen LogP contribution in [-0.4, -0.2) is 34.4 Å². The molecule has 1 heterocycles. The van der Waals surface area contributed by atoms with E-state index in [1.807, 2.05) is 30.3 Å². The van der Waals surface area contributed by atoms with Gasteiger partial charge in [-0.15, -0.1) is 0 Å². The zero-order valence-electron chi connectivity index (χ0n) is 15.5. The van der Waals surface area contributed by atoms with Gasteiger partial charge in [-0.05, 0) is 43.6 Å². The highest BCUT2D eigenvalue weighted by molar-refractivity contribution is 8.13. The second kappa shape index (κ2) is 10.0. The van der Waals surface area contributed by atoms with Crippen molar-refractivity contribution in [2.24, 2.45) is 5.92 Å². The van der Waals surface area contributed by atoms with Crippen LogP contribution in [0.3, 0.4) is 0 Å². The minimum atomic E-state index is -0.00776. The van der Waals surface area contributed by atoms with Gasteiger partial charge in [0, 0.05) is 31.3 Å². The average Bonchev–Trinajstić information content (AvgIpc) is 2.70. The smallest absolute Gasteiger partial charge is 0.279 e. The Morgan fingerprint density at radius 2 is 1.85 bits per heavy atom. The number of carbonyl (C=O) groups excluding carboxylic acids is 2. The maximum Gasteiger partial charge on any atom is 0.279 e. The van der Waals surface area contributed by atoms with Crippen LogP contribution in [0.5, 0.6) is 0 Å². The van der Waals surface area contributed by atoms with E-state index in [9.17, 15) is 9.59 Å². The van der Waals surface area contributed by atoms with Gasteiger partial charge in [-0.25, -0.2) is 0 Å². The predicted molar refractivity (Wildman–Crippen MR) is 107 cm³/mol. The van der Waals surface area contributed by atoms with E-state index in [4.69, 9.17) is 0 Å². The van der Waals surface area contributed by atoms with Crippen LogP contribution >= 0.6 is 11.8 Å². The lowest BCUT2D eigenvalue weighted by Crippen LogP contribution is -2.49. The molecular weight excluding hydrogens is 344 g/mol. The second-order valence-corrected chi connectivity index (χ2v) is 8.49. The number of benzene rings is 1. The van der Waals surface area contributed by atoms with Crippen molar-refractivity contribution in [1.29, 1.82) is 0 Å². The summed E-state index contributed by atoms with van der Waals surface area (Å²) in [5.74, 6) is 1.74. The van der Waals surface area contributed by atoms with Gasteiger partial charge < -0.3 is 10.2 Å². The SMILES string of the molecule is O=C(NCc1ccccc1)SCCCC(=O)N1CCCC2CCCCC21. The first-order valence-electron chi connectivity index (χ1n) is 9.98. The van der Waals surface area contributed by atoms with Gasteiger partial charge in [-0.1, -0.05) is 54.9 Å². The summed E-state index contributed by atoms with van der Waals surface area (Å²) in [5, 5.41) is 2.91. The minimum absolute atomic E-state index is 0.00776. The fourth-order valence-electron chi connectivity index (χ4n) is 4.29. The molecule has 1 aliphatic carbocycles. The lowest BCUT2D eigenvalue weighted by atomic mass is 9.78. The van der Waals surface area contributed by atoms with Crippen molar-refractivity contribution in [2.75, 3.05) is 12.3 Å². The number of likely N-dealkylation sites (tertiary alicyclic amines) is 1. The lowest BCUT2D eigenvalue weighted by molar-refractivity contribution is -0.137. The molecule has 3 rings (SSSR count). The molecule has 26 heavy (non-hydrogen) atoms. The fraction of sp³-hybridized carbons (Fsp3) is 0.619. The van der Waals surface area contributed by atoms with E-state index in [0.29, 0.717) is 30.7 Å². The molecule has 1 saturated heterocycles. The minimum Gasteiger partial charge on any atom is -0.343 e. The standard InChI is InChI=1S/C21H30N2O2S/c24-20(23-14-6-11-18-10-4-5-12-19(18)23)13-7-15-26-21(25)22-16-17-8-2-1-3-9-17/h1-3,8-9,18-19H,4-7,10-16H2,(H,22,25). The van der Waals surface area contributed by atoms with Gasteiger partial charge in [-0.2, -0.15) is 0 Å². The molecule has 0 radical (unpaired) electrons. The fourth-order valence-corrected chi connectivity index (χ4v) is 4.94. The molecule has 1 aromatic carbocycles. The van der Waals surface area contributed by atoms with Gasteiger partial charge in [0.2, 0.25) is 5.91 Å². The van der Waals surface area contributed by atoms with Crippen LogP contribution in [-0.2, 0) is 11.3 Å². The quantitative estimate of drug-likeness (QED) is 0.741. The van der Waals surface area contributed by atoms with Gasteiger partial charge in [0.15, 0.2) is 0 Å². The van der Waals surface area contributed by atoms with Crippen LogP contribution in [0.1, 0.15) is 56.9 Å². The summed E-state index contributed by atoms with van der Waals surface area (Å²) >= 11 is 1.29. The molecule has 5 heteroatoms. The third-order valence-corrected chi connectivity index (χ3v) is 6.51. The molecule has 2 unspecified atom stereocenters. The Bertz CT molecular complexity index is 591. The Hall–Kier alpha value is -1.49. The molecule has 2 amide bonds. The highest BCUT2D eigenvalue weighted by atomic mass is 32.2. The number of fused-ring (bicyclic) bond motifs is 1. The number of hydrogen-bond donors (Lipinski definition) is 1. The normalized spacial score (nSPS) is 22.5. The summed E-state index contributed by atoms with van der Waals surface area (Å²) in [7, 11) is 0. The first-order chi connectivity index (χ1) is 12.7. The number of rotatable bonds is 6. The van der Waals surface area contributed by atoms with E-state index in [2.05, 4.69) is 10.2 Å². The van der Waals surface area contributed by atoms with E-state index < -0.39 is 0 Å². The van der Waals surface area contributed by atoms with E-state index in [-0.39, 0.29) is 5.24 Å². The molecule has 1 aliphatic heterocycles. The Morgan fingerprint density at radius 3 is 2.69 bits per heavy atom. The first kappa shape index (κ1) is 19.3. The summed E-state index contributed by atoms with van der Waals surface area (Å²) in [4.78, 5) is 26.7. The zero-order chi connectivity index (χ0) is 18.2. The number of thioether (sulfide) groups is 1. The van der Waals surface area contributed by atoms with Crippen LogP contribution in [0.2, 0.25) is 0 Å². The van der Waals surface area contributed by atoms with Crippen molar-refractivity contribution < 1.29 is 9.59 Å². The summed E-state index contributed by atoms with van der Waals surface area (Å²) in [6.07, 6.45) is 8.88. The number of carbonyl (C=O) groups is 2. The van der Waals surface area contributed by atoms with Gasteiger partial charge in [0.25, 0.3) is 5.24 Å². The molecule has 0 spiro atoms. The molecule has 1 saturated carbocycles. The number of amides is 2. The Kier molecular flexibility index (Phi) is 7.42. The number of piperidine rings is 1. The van der Waals surface area contributed by atoms with Crippen LogP contribution in [0, 0.1) is 5.92 Å². The second-order valence-electron chi connectivity index (χ2n) is 7.42. The third-order valence-electron chi connectivity index (χ3n) is 5.61. The summed E-state index contributed by atoms with van der Waals surface area (Å²) < 4.78 is 0. The van der Waals surface area contributed by atoms with E-state index >= 15 is 0 Å². The van der Waals surface area contributed by atoms with Gasteiger partial charge >= 0.3 is 0 Å². The van der Waals surface area contributed by atoms with Gasteiger partial charge in [0.05, 0.1) is 0 Å². The van der Waals surface area contributed by atoms with Crippen LogP contribution < -0.4 is 5.32 Å². The zero-order valence-corrected chi connectivity index (χ0v) is 16.3. The first-order valence-corrected chi connectivity index (χ1v) is 11.0. The predicted octanol–water partition coefficient (Wildman–Crippen LogP) is 4.59. The maximum absolute atomic E-state index is 12.6. The summed E-state index contributed by atoms with van der Waals surface area (Å²) in [5.41, 5.74) is 1.10. The van der Waals surface area contributed by atoms with Crippen LogP contribution in [0.15, 0.2) is 30.3 Å². The van der Waals surface area contributed by atoms with Crippen LogP contribution in [0.4, 0.5) is 4.79 Å². The molecule has 142 valence electrons. The molecule has 2 fully saturated rings. The van der Waals surface area contributed by atoms with Crippen LogP contribution in [0.25, 0.3) is 0 Å². The molecule has 1 aromatic rings. The average molecular weight is 375 g/mol. The van der Waals surface area contributed by atoms with Gasteiger partial charge in [-0.3, -0.25) is 9.59 Å². The van der Waals surface area contributed by atoms with Crippen molar-refractivity contribution in [3.05, 3.63) is 35.9 Å². The van der Waals surface area contributed by atoms with E-state index in [1.54, 1.807) is 0 Å². The molecule has 2 atom stereocenters. The van der Waals surface area contributed by atoms with Crippen molar-refractivity contribution in [1.82, 2.24) is 10.2 Å².